The highest BCUT2D eigenvalue weighted by atomic mass is 16.1. The van der Waals surface area contributed by atoms with Crippen molar-refractivity contribution in [3.05, 3.63) is 34.9 Å². The molecule has 0 fully saturated rings. The second-order valence-corrected chi connectivity index (χ2v) is 6.08. The van der Waals surface area contributed by atoms with E-state index in [-0.39, 0.29) is 5.78 Å². The van der Waals surface area contributed by atoms with Gasteiger partial charge in [-0.1, -0.05) is 32.0 Å². The fraction of sp³-hybridized carbons (Fsp3) is 0.611. The molecule has 0 aromatic heterocycles. The Morgan fingerprint density at radius 1 is 1.15 bits per heavy atom. The number of carbonyl (C=O) groups excluding carboxylic acids is 1. The monoisotopic (exact) mass is 273 g/mol. The summed E-state index contributed by atoms with van der Waals surface area (Å²) in [6, 6.07) is 7.29. The van der Waals surface area contributed by atoms with Crippen LogP contribution in [0.2, 0.25) is 0 Å². The summed E-state index contributed by atoms with van der Waals surface area (Å²) < 4.78 is 0. The van der Waals surface area contributed by atoms with E-state index in [1.54, 1.807) is 6.92 Å². The third-order valence-electron chi connectivity index (χ3n) is 4.17. The van der Waals surface area contributed by atoms with Gasteiger partial charge in [-0.15, -0.1) is 0 Å². The lowest BCUT2D eigenvalue weighted by atomic mass is 10.0. The molecule has 110 valence electrons. The average molecular weight is 273 g/mol. The Hall–Kier alpha value is -1.15. The van der Waals surface area contributed by atoms with Gasteiger partial charge in [0.1, 0.15) is 5.78 Å². The van der Waals surface area contributed by atoms with Crippen LogP contribution in [-0.2, 0) is 24.1 Å². The largest absolute Gasteiger partial charge is 0.300 e. The van der Waals surface area contributed by atoms with Crippen LogP contribution < -0.4 is 0 Å². The van der Waals surface area contributed by atoms with Gasteiger partial charge < -0.3 is 0 Å². The first-order chi connectivity index (χ1) is 9.63. The molecular weight excluding hydrogens is 246 g/mol. The Morgan fingerprint density at radius 3 is 2.40 bits per heavy atom. The molecule has 2 heteroatoms. The first kappa shape index (κ1) is 15.2. The van der Waals surface area contributed by atoms with Crippen molar-refractivity contribution in [2.45, 2.75) is 58.9 Å². The smallest absolute Gasteiger partial charge is 0.134 e. The molecule has 0 amide bonds. The van der Waals surface area contributed by atoms with Crippen molar-refractivity contribution in [2.75, 3.05) is 13.1 Å². The minimum atomic E-state index is 0.248. The summed E-state index contributed by atoms with van der Waals surface area (Å²) in [6.07, 6.45) is 5.35. The predicted molar refractivity (Wildman–Crippen MR) is 84.2 cm³/mol. The second kappa shape index (κ2) is 7.03. The van der Waals surface area contributed by atoms with Gasteiger partial charge in [-0.05, 0) is 62.4 Å². The van der Waals surface area contributed by atoms with E-state index in [0.29, 0.717) is 12.5 Å². The maximum absolute atomic E-state index is 11.2. The Balaban J connectivity index is 2.07. The van der Waals surface area contributed by atoms with Crippen molar-refractivity contribution in [3.8, 4) is 0 Å². The van der Waals surface area contributed by atoms with Gasteiger partial charge in [0.2, 0.25) is 0 Å². The fourth-order valence-electron chi connectivity index (χ4n) is 3.36. The van der Waals surface area contributed by atoms with E-state index in [1.165, 1.54) is 49.0 Å². The minimum absolute atomic E-state index is 0.248. The highest BCUT2D eigenvalue weighted by Gasteiger charge is 2.26. The van der Waals surface area contributed by atoms with Crippen LogP contribution >= 0.6 is 0 Å². The van der Waals surface area contributed by atoms with Crippen LogP contribution in [0.1, 0.15) is 50.3 Å². The molecule has 0 radical (unpaired) electrons. The summed E-state index contributed by atoms with van der Waals surface area (Å²) in [5.41, 5.74) is 4.12. The summed E-state index contributed by atoms with van der Waals surface area (Å²) >= 11 is 0. The normalized spacial score (nSPS) is 17.5. The van der Waals surface area contributed by atoms with E-state index in [9.17, 15) is 4.79 Å². The minimum Gasteiger partial charge on any atom is -0.300 e. The molecule has 0 saturated carbocycles. The highest BCUT2D eigenvalue weighted by molar-refractivity contribution is 5.78. The summed E-state index contributed by atoms with van der Waals surface area (Å²) in [7, 11) is 0. The summed E-state index contributed by atoms with van der Waals surface area (Å²) in [5, 5.41) is 0. The number of ketones is 1. The zero-order chi connectivity index (χ0) is 14.5. The lowest BCUT2D eigenvalue weighted by Gasteiger charge is -2.27. The summed E-state index contributed by atoms with van der Waals surface area (Å²) in [5.74, 6) is 0.248. The van der Waals surface area contributed by atoms with Crippen LogP contribution in [-0.4, -0.2) is 29.8 Å². The molecular formula is C18H27NO. The van der Waals surface area contributed by atoms with E-state index in [1.807, 2.05) is 0 Å². The van der Waals surface area contributed by atoms with Gasteiger partial charge in [0.25, 0.3) is 0 Å². The standard InChI is InChI=1S/C18H27NO/c1-4-8-19(9-5-2)18-12-16-7-6-15(10-14(3)20)11-17(16)13-18/h6-7,11,18H,4-5,8-10,12-13H2,1-3H3/t18-/m0/s1. The quantitative estimate of drug-likeness (QED) is 0.759. The van der Waals surface area contributed by atoms with Crippen LogP contribution in [0.5, 0.6) is 0 Å². The van der Waals surface area contributed by atoms with Crippen molar-refractivity contribution in [3.63, 3.8) is 0 Å². The number of Topliss-reactive ketones (excluding diaryl/α,β-unsaturated/α-hetero) is 1. The van der Waals surface area contributed by atoms with Crippen molar-refractivity contribution in [1.29, 1.82) is 0 Å². The zero-order valence-electron chi connectivity index (χ0n) is 13.1. The van der Waals surface area contributed by atoms with Crippen molar-refractivity contribution in [2.24, 2.45) is 0 Å². The van der Waals surface area contributed by atoms with Gasteiger partial charge >= 0.3 is 0 Å². The maximum Gasteiger partial charge on any atom is 0.134 e. The molecule has 0 N–H and O–H groups in total. The number of benzene rings is 1. The fourth-order valence-corrected chi connectivity index (χ4v) is 3.36. The topological polar surface area (TPSA) is 20.3 Å². The molecule has 1 aromatic rings. The third kappa shape index (κ3) is 3.69. The van der Waals surface area contributed by atoms with Crippen LogP contribution in [0.25, 0.3) is 0 Å². The molecule has 0 aliphatic heterocycles. The Labute approximate surface area is 123 Å². The third-order valence-corrected chi connectivity index (χ3v) is 4.17. The molecule has 0 spiro atoms. The molecule has 2 rings (SSSR count). The van der Waals surface area contributed by atoms with E-state index in [0.717, 1.165) is 6.42 Å². The number of carbonyl (C=O) groups is 1. The molecule has 1 atom stereocenters. The van der Waals surface area contributed by atoms with E-state index in [4.69, 9.17) is 0 Å². The molecule has 0 saturated heterocycles. The predicted octanol–water partition coefficient (Wildman–Crippen LogP) is 3.41. The zero-order valence-corrected chi connectivity index (χ0v) is 13.1. The van der Waals surface area contributed by atoms with Crippen molar-refractivity contribution >= 4 is 5.78 Å². The summed E-state index contributed by atoms with van der Waals surface area (Å²) in [6.45, 7) is 8.59. The molecule has 2 nitrogen and oxygen atoms in total. The van der Waals surface area contributed by atoms with Gasteiger partial charge in [-0.3, -0.25) is 9.69 Å². The Kier molecular flexibility index (Phi) is 5.36. The van der Waals surface area contributed by atoms with Gasteiger partial charge in [-0.2, -0.15) is 0 Å². The maximum atomic E-state index is 11.2. The van der Waals surface area contributed by atoms with Gasteiger partial charge in [0.05, 0.1) is 0 Å². The van der Waals surface area contributed by atoms with Crippen LogP contribution in [0, 0.1) is 0 Å². The van der Waals surface area contributed by atoms with E-state index in [2.05, 4.69) is 36.9 Å². The number of rotatable bonds is 7. The number of hydrogen-bond donors (Lipinski definition) is 0. The van der Waals surface area contributed by atoms with Crippen LogP contribution in [0.15, 0.2) is 18.2 Å². The molecule has 0 heterocycles. The molecule has 0 bridgehead atoms. The SMILES string of the molecule is CCCN(CCC)[C@H]1Cc2ccc(CC(C)=O)cc2C1. The number of nitrogens with zero attached hydrogens (tertiary/aromatic N) is 1. The average Bonchev–Trinajstić information content (AvgIpc) is 2.80. The molecule has 20 heavy (non-hydrogen) atoms. The van der Waals surface area contributed by atoms with Crippen molar-refractivity contribution < 1.29 is 4.79 Å². The lowest BCUT2D eigenvalue weighted by molar-refractivity contribution is -0.116. The van der Waals surface area contributed by atoms with E-state index < -0.39 is 0 Å². The lowest BCUT2D eigenvalue weighted by Crippen LogP contribution is -2.37. The van der Waals surface area contributed by atoms with Crippen molar-refractivity contribution in [1.82, 2.24) is 4.90 Å². The second-order valence-electron chi connectivity index (χ2n) is 6.08. The Morgan fingerprint density at radius 2 is 1.80 bits per heavy atom. The summed E-state index contributed by atoms with van der Waals surface area (Å²) in [4.78, 5) is 13.9. The van der Waals surface area contributed by atoms with Gasteiger partial charge in [-0.25, -0.2) is 0 Å². The Bertz CT molecular complexity index is 460. The van der Waals surface area contributed by atoms with Crippen LogP contribution in [0.4, 0.5) is 0 Å². The van der Waals surface area contributed by atoms with Gasteiger partial charge in [0.15, 0.2) is 0 Å². The molecule has 0 unspecified atom stereocenters. The number of fused-ring (bicyclic) bond motifs is 1. The number of hydrogen-bond acceptors (Lipinski definition) is 2. The first-order valence-electron chi connectivity index (χ1n) is 7.98. The van der Waals surface area contributed by atoms with Crippen LogP contribution in [0.3, 0.4) is 0 Å². The molecule has 1 aromatic carbocycles. The van der Waals surface area contributed by atoms with E-state index >= 15 is 0 Å². The molecule has 1 aliphatic rings. The molecule has 1 aliphatic carbocycles. The highest BCUT2D eigenvalue weighted by Crippen LogP contribution is 2.27. The first-order valence-corrected chi connectivity index (χ1v) is 7.98. The van der Waals surface area contributed by atoms with Gasteiger partial charge in [0, 0.05) is 12.5 Å².